The summed E-state index contributed by atoms with van der Waals surface area (Å²) < 4.78 is 3.95. The van der Waals surface area contributed by atoms with Crippen molar-refractivity contribution in [3.63, 3.8) is 0 Å². The Bertz CT molecular complexity index is 1020. The van der Waals surface area contributed by atoms with Gasteiger partial charge in [-0.15, -0.1) is 17.8 Å². The second kappa shape index (κ2) is 6.44. The van der Waals surface area contributed by atoms with Gasteiger partial charge in [0.1, 0.15) is 0 Å². The van der Waals surface area contributed by atoms with Gasteiger partial charge in [-0.1, -0.05) is 23.3 Å². The second-order valence-electron chi connectivity index (χ2n) is 5.12. The number of carbonyl (C=O) groups is 1. The number of carbonyl (C=O) groups excluding carboxylic acids is 1. The molecule has 0 unspecified atom stereocenters. The maximum absolute atomic E-state index is 12.4. The number of thiophene rings is 1. The van der Waals surface area contributed by atoms with Crippen molar-refractivity contribution in [1.29, 1.82) is 0 Å². The van der Waals surface area contributed by atoms with Crippen LogP contribution in [0.3, 0.4) is 0 Å². The predicted molar refractivity (Wildman–Crippen MR) is 100 cm³/mol. The predicted octanol–water partition coefficient (Wildman–Crippen LogP) is 4.52. The van der Waals surface area contributed by atoms with Crippen LogP contribution in [0.1, 0.15) is 20.8 Å². The average Bonchev–Trinajstić information content (AvgIpc) is 3.04. The van der Waals surface area contributed by atoms with E-state index in [-0.39, 0.29) is 5.91 Å². The van der Waals surface area contributed by atoms with Gasteiger partial charge in [-0.3, -0.25) is 4.79 Å². The number of rotatable bonds is 2. The van der Waals surface area contributed by atoms with Crippen molar-refractivity contribution in [2.45, 2.75) is 20.4 Å². The molecule has 2 heterocycles. The Morgan fingerprint density at radius 1 is 1.35 bits per heavy atom. The molecule has 6 heteroatoms. The summed E-state index contributed by atoms with van der Waals surface area (Å²) >= 11 is 6.24. The van der Waals surface area contributed by atoms with Crippen LogP contribution in [0.4, 0.5) is 0 Å². The van der Waals surface area contributed by atoms with E-state index in [1.54, 1.807) is 6.07 Å². The van der Waals surface area contributed by atoms with Gasteiger partial charge in [0, 0.05) is 0 Å². The number of thiazole rings is 1. The van der Waals surface area contributed by atoms with E-state index in [2.05, 4.69) is 52.8 Å². The van der Waals surface area contributed by atoms with Gasteiger partial charge in [-0.25, -0.2) is 0 Å². The van der Waals surface area contributed by atoms with Crippen LogP contribution in [-0.4, -0.2) is 10.5 Å². The molecule has 0 saturated heterocycles. The lowest BCUT2D eigenvalue weighted by molar-refractivity contribution is 0.100. The van der Waals surface area contributed by atoms with Crippen molar-refractivity contribution in [3.05, 3.63) is 48.9 Å². The highest BCUT2D eigenvalue weighted by Crippen LogP contribution is 2.24. The zero-order valence-corrected chi connectivity index (χ0v) is 15.8. The van der Waals surface area contributed by atoms with Gasteiger partial charge in [-0.2, -0.15) is 4.99 Å². The van der Waals surface area contributed by atoms with Crippen molar-refractivity contribution >= 4 is 54.7 Å². The molecule has 0 saturated carbocycles. The zero-order valence-electron chi connectivity index (χ0n) is 12.6. The molecule has 116 valence electrons. The number of amides is 1. The number of hydrogen-bond acceptors (Lipinski definition) is 3. The molecule has 0 radical (unpaired) electrons. The first kappa shape index (κ1) is 16.2. The van der Waals surface area contributed by atoms with Crippen LogP contribution in [0, 0.1) is 26.2 Å². The van der Waals surface area contributed by atoms with Crippen LogP contribution < -0.4 is 4.80 Å². The smallest absolute Gasteiger partial charge is 0.289 e. The van der Waals surface area contributed by atoms with Crippen LogP contribution in [0.25, 0.3) is 10.2 Å². The van der Waals surface area contributed by atoms with E-state index in [1.807, 2.05) is 10.6 Å². The summed E-state index contributed by atoms with van der Waals surface area (Å²) in [6, 6.07) is 7.84. The highest BCUT2D eigenvalue weighted by Gasteiger charge is 2.12. The van der Waals surface area contributed by atoms with Crippen LogP contribution in [0.5, 0.6) is 0 Å². The number of nitrogens with zero attached hydrogens (tertiary/aromatic N) is 2. The van der Waals surface area contributed by atoms with E-state index >= 15 is 0 Å². The van der Waals surface area contributed by atoms with Crippen LogP contribution >= 0.6 is 38.6 Å². The Labute approximate surface area is 150 Å². The van der Waals surface area contributed by atoms with E-state index in [9.17, 15) is 4.79 Å². The fourth-order valence-electron chi connectivity index (χ4n) is 2.49. The lowest BCUT2D eigenvalue weighted by Crippen LogP contribution is -2.16. The molecular formula is C17H13BrN2OS2. The first-order valence-corrected chi connectivity index (χ1v) is 9.30. The van der Waals surface area contributed by atoms with Crippen molar-refractivity contribution in [3.8, 4) is 12.3 Å². The molecule has 0 spiro atoms. The SMILES string of the molecule is C#CCn1c(=NC(=O)c2ccc(Br)s2)sc2cc(C)cc(C)c21. The first-order valence-electron chi connectivity index (χ1n) is 6.88. The van der Waals surface area contributed by atoms with Gasteiger partial charge >= 0.3 is 0 Å². The van der Waals surface area contributed by atoms with Crippen molar-refractivity contribution in [1.82, 2.24) is 4.57 Å². The third-order valence-corrected chi connectivity index (χ3v) is 5.98. The fraction of sp³-hybridized carbons (Fsp3) is 0.176. The Hall–Kier alpha value is -1.68. The van der Waals surface area contributed by atoms with Gasteiger partial charge in [0.2, 0.25) is 0 Å². The monoisotopic (exact) mass is 404 g/mol. The zero-order chi connectivity index (χ0) is 16.6. The minimum atomic E-state index is -0.243. The van der Waals surface area contributed by atoms with Crippen LogP contribution in [0.2, 0.25) is 0 Å². The minimum absolute atomic E-state index is 0.243. The van der Waals surface area contributed by atoms with E-state index in [1.165, 1.54) is 28.2 Å². The summed E-state index contributed by atoms with van der Waals surface area (Å²) in [5, 5.41) is 0. The largest absolute Gasteiger partial charge is 0.304 e. The summed E-state index contributed by atoms with van der Waals surface area (Å²) in [5.41, 5.74) is 3.38. The molecule has 1 aromatic carbocycles. The number of halogens is 1. The molecule has 0 aliphatic heterocycles. The molecule has 1 amide bonds. The summed E-state index contributed by atoms with van der Waals surface area (Å²) in [5.74, 6) is 2.41. The standard InChI is InChI=1S/C17H13BrN2OS2/c1-4-7-20-15-11(3)8-10(2)9-13(15)23-17(20)19-16(21)12-5-6-14(18)22-12/h1,5-6,8-9H,7H2,2-3H3. The lowest BCUT2D eigenvalue weighted by atomic mass is 10.1. The molecule has 3 rings (SSSR count). The fourth-order valence-corrected chi connectivity index (χ4v) is 4.96. The number of terminal acetylenes is 1. The second-order valence-corrected chi connectivity index (χ2v) is 8.60. The number of aromatic nitrogens is 1. The van der Waals surface area contributed by atoms with Crippen molar-refractivity contribution in [2.75, 3.05) is 0 Å². The number of hydrogen-bond donors (Lipinski definition) is 0. The molecule has 0 bridgehead atoms. The molecule has 2 aromatic heterocycles. The maximum Gasteiger partial charge on any atom is 0.289 e. The average molecular weight is 405 g/mol. The molecule has 3 aromatic rings. The van der Waals surface area contributed by atoms with E-state index in [0.717, 1.165) is 19.6 Å². The van der Waals surface area contributed by atoms with E-state index in [0.29, 0.717) is 16.2 Å². The third-order valence-electron chi connectivity index (χ3n) is 3.34. The molecular weight excluding hydrogens is 392 g/mol. The molecule has 0 aliphatic rings. The molecule has 23 heavy (non-hydrogen) atoms. The summed E-state index contributed by atoms with van der Waals surface area (Å²) in [4.78, 5) is 17.9. The summed E-state index contributed by atoms with van der Waals surface area (Å²) in [6.45, 7) is 4.50. The Morgan fingerprint density at radius 3 is 2.78 bits per heavy atom. The maximum atomic E-state index is 12.4. The lowest BCUT2D eigenvalue weighted by Gasteiger charge is -2.04. The van der Waals surface area contributed by atoms with Gasteiger partial charge in [0.15, 0.2) is 4.80 Å². The normalized spacial score (nSPS) is 11.8. The van der Waals surface area contributed by atoms with Crippen LogP contribution in [-0.2, 0) is 6.54 Å². The Kier molecular flexibility index (Phi) is 4.53. The number of fused-ring (bicyclic) bond motifs is 1. The van der Waals surface area contributed by atoms with Gasteiger partial charge in [-0.05, 0) is 59.1 Å². The van der Waals surface area contributed by atoms with Crippen molar-refractivity contribution < 1.29 is 4.79 Å². The Balaban J connectivity index is 2.22. The number of benzene rings is 1. The number of aryl methyl sites for hydroxylation is 2. The van der Waals surface area contributed by atoms with Crippen LogP contribution in [0.15, 0.2) is 33.0 Å². The molecule has 0 fully saturated rings. The van der Waals surface area contributed by atoms with E-state index in [4.69, 9.17) is 6.42 Å². The topological polar surface area (TPSA) is 34.4 Å². The van der Waals surface area contributed by atoms with Crippen molar-refractivity contribution in [2.24, 2.45) is 4.99 Å². The molecule has 0 N–H and O–H groups in total. The van der Waals surface area contributed by atoms with E-state index < -0.39 is 0 Å². The van der Waals surface area contributed by atoms with Gasteiger partial charge < -0.3 is 4.57 Å². The third kappa shape index (κ3) is 3.18. The molecule has 0 aliphatic carbocycles. The Morgan fingerprint density at radius 2 is 2.13 bits per heavy atom. The summed E-state index contributed by atoms with van der Waals surface area (Å²) in [6.07, 6.45) is 5.51. The highest BCUT2D eigenvalue weighted by molar-refractivity contribution is 9.11. The van der Waals surface area contributed by atoms with Gasteiger partial charge in [0.05, 0.1) is 25.4 Å². The molecule has 0 atom stereocenters. The highest BCUT2D eigenvalue weighted by atomic mass is 79.9. The first-order chi connectivity index (χ1) is 11.0. The minimum Gasteiger partial charge on any atom is -0.304 e. The summed E-state index contributed by atoms with van der Waals surface area (Å²) in [7, 11) is 0. The quantitative estimate of drug-likeness (QED) is 0.578. The molecule has 3 nitrogen and oxygen atoms in total. The van der Waals surface area contributed by atoms with Gasteiger partial charge in [0.25, 0.3) is 5.91 Å².